The molecule has 0 spiro atoms. The highest BCUT2D eigenvalue weighted by molar-refractivity contribution is 6.05. The highest BCUT2D eigenvalue weighted by Crippen LogP contribution is 2.17. The molecule has 1 aromatic heterocycles. The van der Waals surface area contributed by atoms with Gasteiger partial charge in [0.15, 0.2) is 0 Å². The molecular formula is C16H15N7O2. The number of benzene rings is 2. The van der Waals surface area contributed by atoms with Gasteiger partial charge in [0.1, 0.15) is 6.33 Å². The van der Waals surface area contributed by atoms with E-state index >= 15 is 0 Å². The Bertz CT molecular complexity index is 893. The summed E-state index contributed by atoms with van der Waals surface area (Å²) >= 11 is 0. The molecule has 25 heavy (non-hydrogen) atoms. The van der Waals surface area contributed by atoms with Gasteiger partial charge in [0.05, 0.1) is 5.69 Å². The van der Waals surface area contributed by atoms with Crippen molar-refractivity contribution < 1.29 is 9.59 Å². The maximum absolute atomic E-state index is 12.5. The first-order valence-electron chi connectivity index (χ1n) is 7.39. The number of carbonyl (C=O) groups is 2. The number of rotatable bonds is 4. The van der Waals surface area contributed by atoms with Crippen LogP contribution in [0, 0.1) is 0 Å². The van der Waals surface area contributed by atoms with E-state index in [0.29, 0.717) is 22.6 Å². The van der Waals surface area contributed by atoms with Crippen molar-refractivity contribution >= 4 is 23.3 Å². The highest BCUT2D eigenvalue weighted by atomic mass is 16.2. The second kappa shape index (κ2) is 7.21. The molecule has 0 aliphatic rings. The maximum Gasteiger partial charge on any atom is 0.318 e. The molecule has 0 saturated heterocycles. The number of nitrogens with one attached hydrogen (secondary N) is 3. The Hall–Kier alpha value is -3.75. The van der Waals surface area contributed by atoms with Crippen molar-refractivity contribution in [3.63, 3.8) is 0 Å². The molecule has 1 heterocycles. The molecule has 0 unspecified atom stereocenters. The van der Waals surface area contributed by atoms with Gasteiger partial charge in [-0.25, -0.2) is 9.48 Å². The number of amides is 3. The van der Waals surface area contributed by atoms with Gasteiger partial charge in [-0.05, 0) is 46.8 Å². The summed E-state index contributed by atoms with van der Waals surface area (Å²) in [6, 6.07) is 13.4. The Labute approximate surface area is 143 Å². The van der Waals surface area contributed by atoms with Crippen LogP contribution < -0.4 is 16.0 Å². The van der Waals surface area contributed by atoms with Gasteiger partial charge in [-0.15, -0.1) is 5.10 Å². The molecule has 0 aliphatic carbocycles. The van der Waals surface area contributed by atoms with E-state index in [1.54, 1.807) is 48.5 Å². The molecule has 0 saturated carbocycles. The summed E-state index contributed by atoms with van der Waals surface area (Å²) in [6.07, 6.45) is 1.45. The van der Waals surface area contributed by atoms with E-state index in [1.807, 2.05) is 0 Å². The first-order chi connectivity index (χ1) is 12.2. The van der Waals surface area contributed by atoms with E-state index < -0.39 is 0 Å². The van der Waals surface area contributed by atoms with Crippen molar-refractivity contribution in [3.05, 3.63) is 60.4 Å². The molecule has 2 aromatic carbocycles. The zero-order valence-corrected chi connectivity index (χ0v) is 13.3. The monoisotopic (exact) mass is 337 g/mol. The number of anilines is 2. The van der Waals surface area contributed by atoms with Crippen molar-refractivity contribution in [2.75, 3.05) is 17.7 Å². The molecule has 0 bridgehead atoms. The average molecular weight is 337 g/mol. The van der Waals surface area contributed by atoms with Crippen LogP contribution in [-0.4, -0.2) is 39.2 Å². The highest BCUT2D eigenvalue weighted by Gasteiger charge is 2.09. The second-order valence-electron chi connectivity index (χ2n) is 5.04. The fraction of sp³-hybridized carbons (Fsp3) is 0.0625. The molecule has 9 nitrogen and oxygen atoms in total. The Kier molecular flexibility index (Phi) is 4.65. The van der Waals surface area contributed by atoms with Crippen LogP contribution in [-0.2, 0) is 0 Å². The Morgan fingerprint density at radius 3 is 2.48 bits per heavy atom. The van der Waals surface area contributed by atoms with Crippen molar-refractivity contribution in [3.8, 4) is 5.69 Å². The van der Waals surface area contributed by atoms with E-state index in [1.165, 1.54) is 18.1 Å². The van der Waals surface area contributed by atoms with Gasteiger partial charge in [-0.3, -0.25) is 4.79 Å². The number of tetrazole rings is 1. The van der Waals surface area contributed by atoms with E-state index in [9.17, 15) is 9.59 Å². The number of urea groups is 1. The molecule has 3 rings (SSSR count). The maximum atomic E-state index is 12.5. The van der Waals surface area contributed by atoms with Crippen LogP contribution >= 0.6 is 0 Å². The quantitative estimate of drug-likeness (QED) is 0.670. The Balaban J connectivity index is 1.75. The van der Waals surface area contributed by atoms with Crippen LogP contribution in [0.15, 0.2) is 54.9 Å². The molecule has 3 amide bonds. The van der Waals surface area contributed by atoms with Gasteiger partial charge >= 0.3 is 6.03 Å². The number of hydrogen-bond donors (Lipinski definition) is 3. The normalized spacial score (nSPS) is 10.1. The lowest BCUT2D eigenvalue weighted by Gasteiger charge is -2.09. The third-order valence-electron chi connectivity index (χ3n) is 3.33. The zero-order chi connectivity index (χ0) is 17.6. The van der Waals surface area contributed by atoms with Crippen LogP contribution in [0.1, 0.15) is 10.4 Å². The largest absolute Gasteiger partial charge is 0.341 e. The predicted octanol–water partition coefficient (Wildman–Crippen LogP) is 1.67. The lowest BCUT2D eigenvalue weighted by atomic mass is 10.2. The first-order valence-corrected chi connectivity index (χ1v) is 7.39. The van der Waals surface area contributed by atoms with Crippen molar-refractivity contribution in [1.82, 2.24) is 25.5 Å². The molecular weight excluding hydrogens is 322 g/mol. The molecule has 3 aromatic rings. The zero-order valence-electron chi connectivity index (χ0n) is 13.3. The number of hydrogen-bond acceptors (Lipinski definition) is 5. The lowest BCUT2D eigenvalue weighted by Crippen LogP contribution is -2.24. The summed E-state index contributed by atoms with van der Waals surface area (Å²) in [7, 11) is 1.53. The Morgan fingerprint density at radius 1 is 1.00 bits per heavy atom. The van der Waals surface area contributed by atoms with Gasteiger partial charge in [0.25, 0.3) is 5.91 Å². The van der Waals surface area contributed by atoms with E-state index in [2.05, 4.69) is 31.5 Å². The minimum atomic E-state index is -0.336. The van der Waals surface area contributed by atoms with E-state index in [-0.39, 0.29) is 11.9 Å². The fourth-order valence-corrected chi connectivity index (χ4v) is 2.14. The summed E-state index contributed by atoms with van der Waals surface area (Å²) in [5, 5.41) is 18.8. The van der Waals surface area contributed by atoms with Gasteiger partial charge in [0.2, 0.25) is 0 Å². The molecule has 126 valence electrons. The molecule has 3 N–H and O–H groups in total. The first kappa shape index (κ1) is 16.1. The van der Waals surface area contributed by atoms with Gasteiger partial charge < -0.3 is 16.0 Å². The third-order valence-corrected chi connectivity index (χ3v) is 3.33. The van der Waals surface area contributed by atoms with E-state index in [4.69, 9.17) is 0 Å². The third kappa shape index (κ3) is 3.96. The van der Waals surface area contributed by atoms with Crippen LogP contribution in [0.3, 0.4) is 0 Å². The SMILES string of the molecule is CNC(=O)Nc1cccc(NC(=O)c2cccc(-n3cnnn3)c2)c1. The fourth-order valence-electron chi connectivity index (χ4n) is 2.14. The standard InChI is InChI=1S/C16H15N7O2/c1-17-16(25)20-13-6-3-5-12(9-13)19-15(24)11-4-2-7-14(8-11)23-10-18-21-22-23/h2-10H,1H3,(H,19,24)(H2,17,20,25). The van der Waals surface area contributed by atoms with Crippen LogP contribution in [0.25, 0.3) is 5.69 Å². The summed E-state index contributed by atoms with van der Waals surface area (Å²) < 4.78 is 1.46. The predicted molar refractivity (Wildman–Crippen MR) is 91.6 cm³/mol. The Morgan fingerprint density at radius 2 is 1.76 bits per heavy atom. The molecule has 0 radical (unpaired) electrons. The second-order valence-corrected chi connectivity index (χ2v) is 5.04. The average Bonchev–Trinajstić information content (AvgIpc) is 3.17. The summed E-state index contributed by atoms with van der Waals surface area (Å²) in [5.41, 5.74) is 2.26. The summed E-state index contributed by atoms with van der Waals surface area (Å²) in [5.74, 6) is -0.285. The van der Waals surface area contributed by atoms with Crippen molar-refractivity contribution in [2.45, 2.75) is 0 Å². The van der Waals surface area contributed by atoms with Gasteiger partial charge in [-0.2, -0.15) is 0 Å². The lowest BCUT2D eigenvalue weighted by molar-refractivity contribution is 0.102. The molecule has 9 heteroatoms. The smallest absolute Gasteiger partial charge is 0.318 e. The van der Waals surface area contributed by atoms with E-state index in [0.717, 1.165) is 0 Å². The molecule has 0 aliphatic heterocycles. The minimum Gasteiger partial charge on any atom is -0.341 e. The number of aromatic nitrogens is 4. The number of carbonyl (C=O) groups excluding carboxylic acids is 2. The number of nitrogens with zero attached hydrogens (tertiary/aromatic N) is 4. The van der Waals surface area contributed by atoms with Crippen molar-refractivity contribution in [2.24, 2.45) is 0 Å². The minimum absolute atomic E-state index is 0.285. The van der Waals surface area contributed by atoms with Gasteiger partial charge in [-0.1, -0.05) is 12.1 Å². The topological polar surface area (TPSA) is 114 Å². The van der Waals surface area contributed by atoms with Crippen LogP contribution in [0.2, 0.25) is 0 Å². The molecule has 0 fully saturated rings. The van der Waals surface area contributed by atoms with Crippen LogP contribution in [0.5, 0.6) is 0 Å². The summed E-state index contributed by atoms with van der Waals surface area (Å²) in [6.45, 7) is 0. The summed E-state index contributed by atoms with van der Waals surface area (Å²) in [4.78, 5) is 23.8. The molecule has 0 atom stereocenters. The van der Waals surface area contributed by atoms with Crippen molar-refractivity contribution in [1.29, 1.82) is 0 Å². The van der Waals surface area contributed by atoms with Crippen LogP contribution in [0.4, 0.5) is 16.2 Å². The van der Waals surface area contributed by atoms with Gasteiger partial charge in [0, 0.05) is 24.0 Å².